The van der Waals surface area contributed by atoms with Crippen LogP contribution in [0.4, 0.5) is 0 Å². The van der Waals surface area contributed by atoms with Crippen LogP contribution < -0.4 is 5.32 Å². The summed E-state index contributed by atoms with van der Waals surface area (Å²) in [6.07, 6.45) is 4.38. The maximum Gasteiger partial charge on any atom is 0.140 e. The highest BCUT2D eigenvalue weighted by molar-refractivity contribution is 4.94. The first kappa shape index (κ1) is 11.2. The van der Waals surface area contributed by atoms with Crippen molar-refractivity contribution in [1.29, 1.82) is 0 Å². The average Bonchev–Trinajstić information content (AvgIpc) is 2.94. The molecule has 2 aliphatic heterocycles. The van der Waals surface area contributed by atoms with Crippen LogP contribution in [0.5, 0.6) is 0 Å². The van der Waals surface area contributed by atoms with E-state index in [2.05, 4.69) is 27.2 Å². The molecule has 1 aromatic rings. The molecule has 0 spiro atoms. The molecule has 0 aromatic carbocycles. The predicted molar refractivity (Wildman–Crippen MR) is 65.5 cm³/mol. The predicted octanol–water partition coefficient (Wildman–Crippen LogP) is 0.482. The molecule has 1 aromatic heterocycles. The Morgan fingerprint density at radius 2 is 2.41 bits per heavy atom. The average molecular weight is 235 g/mol. The third-order valence-corrected chi connectivity index (χ3v) is 4.04. The van der Waals surface area contributed by atoms with E-state index in [4.69, 9.17) is 0 Å². The van der Waals surface area contributed by atoms with Crippen molar-refractivity contribution in [2.45, 2.75) is 38.9 Å². The van der Waals surface area contributed by atoms with E-state index in [0.717, 1.165) is 24.8 Å². The van der Waals surface area contributed by atoms with Crippen LogP contribution in [0.15, 0.2) is 6.33 Å². The summed E-state index contributed by atoms with van der Waals surface area (Å²) >= 11 is 0. The number of nitrogens with one attached hydrogen (secondary N) is 1. The molecule has 94 valence electrons. The van der Waals surface area contributed by atoms with Gasteiger partial charge in [-0.05, 0) is 32.2 Å². The molecule has 0 amide bonds. The Labute approximate surface area is 102 Å². The molecule has 3 heterocycles. The van der Waals surface area contributed by atoms with Crippen LogP contribution in [0.3, 0.4) is 0 Å². The SMILES string of the molecule is CCn1ncnc1CN1CC2CCCNC2C1. The number of piperidine rings is 1. The van der Waals surface area contributed by atoms with Gasteiger partial charge >= 0.3 is 0 Å². The molecule has 5 heteroatoms. The van der Waals surface area contributed by atoms with Crippen LogP contribution in [-0.4, -0.2) is 45.3 Å². The minimum absolute atomic E-state index is 0.710. The van der Waals surface area contributed by atoms with Crippen molar-refractivity contribution in [2.75, 3.05) is 19.6 Å². The summed E-state index contributed by atoms with van der Waals surface area (Å²) in [6.45, 7) is 7.55. The first-order valence-electron chi connectivity index (χ1n) is 6.69. The lowest BCUT2D eigenvalue weighted by molar-refractivity contribution is 0.298. The number of aromatic nitrogens is 3. The summed E-state index contributed by atoms with van der Waals surface area (Å²) in [5.41, 5.74) is 0. The van der Waals surface area contributed by atoms with Crippen LogP contribution in [0.1, 0.15) is 25.6 Å². The minimum Gasteiger partial charge on any atom is -0.312 e. The van der Waals surface area contributed by atoms with Crippen LogP contribution in [-0.2, 0) is 13.1 Å². The smallest absolute Gasteiger partial charge is 0.140 e. The van der Waals surface area contributed by atoms with Crippen LogP contribution in [0.25, 0.3) is 0 Å². The Balaban J connectivity index is 1.63. The molecule has 0 saturated carbocycles. The van der Waals surface area contributed by atoms with Gasteiger partial charge in [0.15, 0.2) is 0 Å². The number of likely N-dealkylation sites (tertiary alicyclic amines) is 1. The lowest BCUT2D eigenvalue weighted by atomic mass is 9.94. The first-order valence-corrected chi connectivity index (χ1v) is 6.69. The molecule has 5 nitrogen and oxygen atoms in total. The summed E-state index contributed by atoms with van der Waals surface area (Å²) in [4.78, 5) is 6.88. The third-order valence-electron chi connectivity index (χ3n) is 4.04. The fourth-order valence-electron chi connectivity index (χ4n) is 3.14. The van der Waals surface area contributed by atoms with Gasteiger partial charge in [0.25, 0.3) is 0 Å². The molecule has 1 N–H and O–H groups in total. The van der Waals surface area contributed by atoms with Gasteiger partial charge in [-0.1, -0.05) is 0 Å². The van der Waals surface area contributed by atoms with Gasteiger partial charge in [0.05, 0.1) is 6.54 Å². The van der Waals surface area contributed by atoms with E-state index in [1.165, 1.54) is 32.5 Å². The van der Waals surface area contributed by atoms with E-state index in [9.17, 15) is 0 Å². The number of nitrogens with zero attached hydrogens (tertiary/aromatic N) is 4. The summed E-state index contributed by atoms with van der Waals surface area (Å²) in [5, 5.41) is 7.87. The van der Waals surface area contributed by atoms with Crippen LogP contribution >= 0.6 is 0 Å². The Hall–Kier alpha value is -0.940. The van der Waals surface area contributed by atoms with E-state index in [1.807, 2.05) is 4.68 Å². The lowest BCUT2D eigenvalue weighted by Gasteiger charge is -2.24. The molecule has 2 atom stereocenters. The van der Waals surface area contributed by atoms with Crippen molar-refractivity contribution in [3.8, 4) is 0 Å². The summed E-state index contributed by atoms with van der Waals surface area (Å²) in [6, 6.07) is 0.710. The Bertz CT molecular complexity index is 361. The molecule has 0 radical (unpaired) electrons. The van der Waals surface area contributed by atoms with Crippen molar-refractivity contribution in [2.24, 2.45) is 5.92 Å². The Morgan fingerprint density at radius 3 is 3.24 bits per heavy atom. The van der Waals surface area contributed by atoms with Crippen LogP contribution in [0.2, 0.25) is 0 Å². The second-order valence-electron chi connectivity index (χ2n) is 5.15. The molecule has 2 saturated heterocycles. The van der Waals surface area contributed by atoms with Gasteiger partial charge in [-0.3, -0.25) is 4.90 Å². The van der Waals surface area contributed by atoms with Gasteiger partial charge in [0, 0.05) is 25.7 Å². The molecular formula is C12H21N5. The van der Waals surface area contributed by atoms with E-state index in [1.54, 1.807) is 6.33 Å². The van der Waals surface area contributed by atoms with Crippen molar-refractivity contribution < 1.29 is 0 Å². The summed E-state index contributed by atoms with van der Waals surface area (Å²) in [5.74, 6) is 1.95. The molecule has 17 heavy (non-hydrogen) atoms. The van der Waals surface area contributed by atoms with Gasteiger partial charge in [0.2, 0.25) is 0 Å². The second-order valence-corrected chi connectivity index (χ2v) is 5.15. The zero-order valence-electron chi connectivity index (χ0n) is 10.5. The molecule has 2 unspecified atom stereocenters. The number of rotatable bonds is 3. The fourth-order valence-corrected chi connectivity index (χ4v) is 3.14. The monoisotopic (exact) mass is 235 g/mol. The van der Waals surface area contributed by atoms with E-state index in [0.29, 0.717) is 6.04 Å². The highest BCUT2D eigenvalue weighted by Crippen LogP contribution is 2.25. The molecule has 2 aliphatic rings. The highest BCUT2D eigenvalue weighted by atomic mass is 15.3. The normalized spacial score (nSPS) is 29.5. The second kappa shape index (κ2) is 4.74. The van der Waals surface area contributed by atoms with Gasteiger partial charge in [0.1, 0.15) is 12.2 Å². The lowest BCUT2D eigenvalue weighted by Crippen LogP contribution is -2.40. The van der Waals surface area contributed by atoms with Gasteiger partial charge in [-0.15, -0.1) is 0 Å². The topological polar surface area (TPSA) is 46.0 Å². The quantitative estimate of drug-likeness (QED) is 0.828. The van der Waals surface area contributed by atoms with Gasteiger partial charge in [-0.2, -0.15) is 5.10 Å². The summed E-state index contributed by atoms with van der Waals surface area (Å²) < 4.78 is 2.00. The van der Waals surface area contributed by atoms with Gasteiger partial charge < -0.3 is 5.32 Å². The van der Waals surface area contributed by atoms with E-state index < -0.39 is 0 Å². The minimum atomic E-state index is 0.710. The summed E-state index contributed by atoms with van der Waals surface area (Å²) in [7, 11) is 0. The van der Waals surface area contributed by atoms with Gasteiger partial charge in [-0.25, -0.2) is 9.67 Å². The molecule has 0 bridgehead atoms. The first-order chi connectivity index (χ1) is 8.36. The Morgan fingerprint density at radius 1 is 1.47 bits per heavy atom. The number of hydrogen-bond acceptors (Lipinski definition) is 4. The fraction of sp³-hybridized carbons (Fsp3) is 0.833. The van der Waals surface area contributed by atoms with E-state index >= 15 is 0 Å². The molecule has 3 rings (SSSR count). The zero-order chi connectivity index (χ0) is 11.7. The highest BCUT2D eigenvalue weighted by Gasteiger charge is 2.34. The number of hydrogen-bond donors (Lipinski definition) is 1. The third kappa shape index (κ3) is 2.21. The number of fused-ring (bicyclic) bond motifs is 1. The maximum atomic E-state index is 4.36. The van der Waals surface area contributed by atoms with Crippen LogP contribution in [0, 0.1) is 5.92 Å². The molecular weight excluding hydrogens is 214 g/mol. The molecule has 2 fully saturated rings. The maximum absolute atomic E-state index is 4.36. The standard InChI is InChI=1S/C12H21N5/c1-2-17-12(14-9-15-17)8-16-6-10-4-3-5-13-11(10)7-16/h9-11,13H,2-8H2,1H3. The van der Waals surface area contributed by atoms with E-state index in [-0.39, 0.29) is 0 Å². The Kier molecular flexibility index (Phi) is 3.11. The van der Waals surface area contributed by atoms with Crippen molar-refractivity contribution in [3.63, 3.8) is 0 Å². The number of aryl methyl sites for hydroxylation is 1. The van der Waals surface area contributed by atoms with Crippen molar-refractivity contribution in [3.05, 3.63) is 12.2 Å². The zero-order valence-corrected chi connectivity index (χ0v) is 10.5. The van der Waals surface area contributed by atoms with Crippen molar-refractivity contribution >= 4 is 0 Å². The largest absolute Gasteiger partial charge is 0.312 e. The molecule has 0 aliphatic carbocycles. The van der Waals surface area contributed by atoms with Crippen molar-refractivity contribution in [1.82, 2.24) is 25.0 Å².